The van der Waals surface area contributed by atoms with Gasteiger partial charge in [0, 0.05) is 22.9 Å². The quantitative estimate of drug-likeness (QED) is 0.924. The third-order valence-corrected chi connectivity index (χ3v) is 5.74. The number of nitrogens with two attached hydrogens (primary N) is 1. The molecule has 2 aliphatic rings. The summed E-state index contributed by atoms with van der Waals surface area (Å²) < 4.78 is 0. The maximum atomic E-state index is 6.35. The van der Waals surface area contributed by atoms with Crippen molar-refractivity contribution in [3.05, 3.63) is 15.6 Å². The Bertz CT molecular complexity index is 471. The highest BCUT2D eigenvalue weighted by Crippen LogP contribution is 2.45. The van der Waals surface area contributed by atoms with Gasteiger partial charge in [0.15, 0.2) is 0 Å². The van der Waals surface area contributed by atoms with Crippen LogP contribution in [0.25, 0.3) is 0 Å². The molecule has 2 fully saturated rings. The molecule has 4 heteroatoms. The van der Waals surface area contributed by atoms with E-state index in [0.29, 0.717) is 5.92 Å². The average molecular weight is 293 g/mol. The highest BCUT2D eigenvalue weighted by atomic mass is 32.1. The van der Waals surface area contributed by atoms with Crippen molar-refractivity contribution in [3.63, 3.8) is 0 Å². The number of likely N-dealkylation sites (tertiary alicyclic amines) is 1. The lowest BCUT2D eigenvalue weighted by atomic mass is 10.0. The molecule has 2 N–H and O–H groups in total. The molecule has 1 saturated heterocycles. The van der Waals surface area contributed by atoms with Crippen molar-refractivity contribution in [1.82, 2.24) is 9.88 Å². The van der Waals surface area contributed by atoms with Crippen molar-refractivity contribution in [2.24, 2.45) is 11.7 Å². The summed E-state index contributed by atoms with van der Waals surface area (Å²) in [5.74, 6) is 1.52. The molecule has 0 amide bonds. The van der Waals surface area contributed by atoms with E-state index < -0.39 is 0 Å². The topological polar surface area (TPSA) is 42.2 Å². The molecule has 2 heterocycles. The van der Waals surface area contributed by atoms with Crippen molar-refractivity contribution in [2.45, 2.75) is 64.5 Å². The van der Waals surface area contributed by atoms with E-state index in [4.69, 9.17) is 10.7 Å². The third-order valence-electron chi connectivity index (χ3n) is 4.35. The molecule has 20 heavy (non-hydrogen) atoms. The first-order valence-corrected chi connectivity index (χ1v) is 8.76. The number of hydrogen-bond acceptors (Lipinski definition) is 4. The zero-order valence-electron chi connectivity index (χ0n) is 13.0. The number of nitrogens with zero attached hydrogens (tertiary/aromatic N) is 2. The number of piperidine rings is 1. The molecule has 3 rings (SSSR count). The second-order valence-corrected chi connectivity index (χ2v) is 8.38. The first-order valence-electron chi connectivity index (χ1n) is 7.95. The summed E-state index contributed by atoms with van der Waals surface area (Å²) >= 11 is 1.85. The summed E-state index contributed by atoms with van der Waals surface area (Å²) in [4.78, 5) is 8.84. The second kappa shape index (κ2) is 5.39. The lowest BCUT2D eigenvalue weighted by Gasteiger charge is -2.29. The molecule has 1 aromatic heterocycles. The van der Waals surface area contributed by atoms with Gasteiger partial charge in [-0.25, -0.2) is 4.98 Å². The Morgan fingerprint density at radius 2 is 2.10 bits per heavy atom. The number of thiazole rings is 1. The summed E-state index contributed by atoms with van der Waals surface area (Å²) in [5.41, 5.74) is 7.41. The summed E-state index contributed by atoms with van der Waals surface area (Å²) in [5, 5.41) is 1.27. The van der Waals surface area contributed by atoms with Crippen LogP contribution in [-0.2, 0) is 12.1 Å². The van der Waals surface area contributed by atoms with Crippen LogP contribution in [0.5, 0.6) is 0 Å². The minimum Gasteiger partial charge on any atom is -0.321 e. The van der Waals surface area contributed by atoms with E-state index in [0.717, 1.165) is 12.5 Å². The molecule has 1 unspecified atom stereocenters. The van der Waals surface area contributed by atoms with Gasteiger partial charge in [-0.3, -0.25) is 4.90 Å². The average Bonchev–Trinajstić information content (AvgIpc) is 3.10. The van der Waals surface area contributed by atoms with Crippen LogP contribution in [0, 0.1) is 5.92 Å². The molecule has 0 radical (unpaired) electrons. The molecule has 1 atom stereocenters. The number of rotatable bonds is 4. The van der Waals surface area contributed by atoms with E-state index in [2.05, 4.69) is 25.7 Å². The maximum absolute atomic E-state index is 6.35. The zero-order chi connectivity index (χ0) is 14.3. The molecule has 112 valence electrons. The van der Waals surface area contributed by atoms with Crippen LogP contribution in [-0.4, -0.2) is 23.0 Å². The monoisotopic (exact) mass is 293 g/mol. The molecular weight excluding hydrogens is 266 g/mol. The Morgan fingerprint density at radius 3 is 2.70 bits per heavy atom. The molecule has 1 saturated carbocycles. The minimum atomic E-state index is -0.247. The van der Waals surface area contributed by atoms with Crippen LogP contribution >= 0.6 is 11.3 Å². The predicted molar refractivity (Wildman–Crippen MR) is 85.0 cm³/mol. The lowest BCUT2D eigenvalue weighted by molar-refractivity contribution is 0.176. The van der Waals surface area contributed by atoms with E-state index in [1.807, 2.05) is 11.3 Å². The minimum absolute atomic E-state index is 0.247. The zero-order valence-corrected chi connectivity index (χ0v) is 13.8. The largest absolute Gasteiger partial charge is 0.321 e. The van der Waals surface area contributed by atoms with Crippen molar-refractivity contribution in [3.8, 4) is 0 Å². The van der Waals surface area contributed by atoms with Gasteiger partial charge in [0.1, 0.15) is 5.01 Å². The summed E-state index contributed by atoms with van der Waals surface area (Å²) in [6, 6.07) is 0. The number of aromatic nitrogens is 1. The van der Waals surface area contributed by atoms with Crippen LogP contribution < -0.4 is 5.73 Å². The highest BCUT2D eigenvalue weighted by molar-refractivity contribution is 7.11. The summed E-state index contributed by atoms with van der Waals surface area (Å²) in [6.07, 6.45) is 5.31. The first-order chi connectivity index (χ1) is 9.43. The van der Waals surface area contributed by atoms with Crippen molar-refractivity contribution in [2.75, 3.05) is 13.1 Å². The third kappa shape index (κ3) is 3.23. The Balaban J connectivity index is 1.76. The molecule has 1 aliphatic heterocycles. The normalized spacial score (nSPS) is 25.1. The van der Waals surface area contributed by atoms with Crippen molar-refractivity contribution >= 4 is 11.3 Å². The van der Waals surface area contributed by atoms with Gasteiger partial charge in [0.2, 0.25) is 0 Å². The fourth-order valence-corrected chi connectivity index (χ4v) is 4.37. The van der Waals surface area contributed by atoms with Crippen LogP contribution in [0.2, 0.25) is 0 Å². The van der Waals surface area contributed by atoms with Crippen LogP contribution in [0.1, 0.15) is 68.0 Å². The van der Waals surface area contributed by atoms with E-state index in [9.17, 15) is 0 Å². The maximum Gasteiger partial charge on any atom is 0.107 e. The molecule has 3 nitrogen and oxygen atoms in total. The SMILES string of the molecule is CC1CCCN(Cc2nc(C3CC3)c(C(C)(C)N)s2)C1. The number of hydrogen-bond donors (Lipinski definition) is 1. The van der Waals surface area contributed by atoms with Crippen LogP contribution in [0.4, 0.5) is 0 Å². The first kappa shape index (κ1) is 14.5. The van der Waals surface area contributed by atoms with E-state index in [1.54, 1.807) is 0 Å². The molecule has 1 aliphatic carbocycles. The van der Waals surface area contributed by atoms with Gasteiger partial charge in [-0.05, 0) is 52.0 Å². The van der Waals surface area contributed by atoms with Gasteiger partial charge in [-0.1, -0.05) is 6.92 Å². The van der Waals surface area contributed by atoms with Crippen LogP contribution in [0.3, 0.4) is 0 Å². The lowest BCUT2D eigenvalue weighted by Crippen LogP contribution is -2.33. The summed E-state index contributed by atoms with van der Waals surface area (Å²) in [7, 11) is 0. The van der Waals surface area contributed by atoms with Gasteiger partial charge < -0.3 is 5.73 Å². The second-order valence-electron chi connectivity index (χ2n) is 7.30. The molecule has 0 bridgehead atoms. The Kier molecular flexibility index (Phi) is 3.91. The highest BCUT2D eigenvalue weighted by Gasteiger charge is 2.34. The van der Waals surface area contributed by atoms with E-state index in [-0.39, 0.29) is 5.54 Å². The fourth-order valence-electron chi connectivity index (χ4n) is 3.16. The Morgan fingerprint density at radius 1 is 1.35 bits per heavy atom. The van der Waals surface area contributed by atoms with Crippen LogP contribution in [0.15, 0.2) is 0 Å². The summed E-state index contributed by atoms with van der Waals surface area (Å²) in [6.45, 7) is 10.0. The Labute approximate surface area is 126 Å². The van der Waals surface area contributed by atoms with Gasteiger partial charge in [-0.2, -0.15) is 0 Å². The van der Waals surface area contributed by atoms with Gasteiger partial charge in [-0.15, -0.1) is 11.3 Å². The van der Waals surface area contributed by atoms with Crippen molar-refractivity contribution < 1.29 is 0 Å². The van der Waals surface area contributed by atoms with Crippen molar-refractivity contribution in [1.29, 1.82) is 0 Å². The van der Waals surface area contributed by atoms with Gasteiger partial charge >= 0.3 is 0 Å². The molecule has 0 aromatic carbocycles. The molecule has 0 spiro atoms. The standard InChI is InChI=1S/C16H27N3S/c1-11-5-4-8-19(9-11)10-13-18-14(12-6-7-12)15(20-13)16(2,3)17/h11-12H,4-10,17H2,1-3H3. The Hall–Kier alpha value is -0.450. The predicted octanol–water partition coefficient (Wildman–Crippen LogP) is 3.45. The fraction of sp³-hybridized carbons (Fsp3) is 0.812. The van der Waals surface area contributed by atoms with Gasteiger partial charge in [0.05, 0.1) is 12.2 Å². The molecular formula is C16H27N3S. The van der Waals surface area contributed by atoms with E-state index >= 15 is 0 Å². The molecule has 1 aromatic rings. The van der Waals surface area contributed by atoms with Gasteiger partial charge in [0.25, 0.3) is 0 Å². The van der Waals surface area contributed by atoms with E-state index in [1.165, 1.54) is 54.4 Å². The smallest absolute Gasteiger partial charge is 0.107 e.